The minimum atomic E-state index is 0.675. The summed E-state index contributed by atoms with van der Waals surface area (Å²) in [5.74, 6) is 1.49. The highest BCUT2D eigenvalue weighted by molar-refractivity contribution is 5.33. The molecule has 1 fully saturated rings. The molecular formula is C20H27NO. The molecule has 0 saturated heterocycles. The maximum atomic E-state index is 8.86. The molecule has 0 atom stereocenters. The highest BCUT2D eigenvalue weighted by Crippen LogP contribution is 2.37. The Morgan fingerprint density at radius 1 is 1.18 bits per heavy atom. The van der Waals surface area contributed by atoms with Gasteiger partial charge in [-0.15, -0.1) is 0 Å². The van der Waals surface area contributed by atoms with Gasteiger partial charge >= 0.3 is 0 Å². The van der Waals surface area contributed by atoms with Crippen LogP contribution >= 0.6 is 0 Å². The number of hydrogen-bond donors (Lipinski definition) is 0. The van der Waals surface area contributed by atoms with Crippen molar-refractivity contribution < 1.29 is 4.74 Å². The number of unbranched alkanes of at least 4 members (excludes halogenated alkanes) is 1. The van der Waals surface area contributed by atoms with E-state index < -0.39 is 0 Å². The second-order valence-corrected chi connectivity index (χ2v) is 6.27. The third-order valence-corrected chi connectivity index (χ3v) is 4.65. The van der Waals surface area contributed by atoms with Gasteiger partial charge in [-0.05, 0) is 74.1 Å². The first-order valence-electron chi connectivity index (χ1n) is 8.60. The zero-order valence-electron chi connectivity index (χ0n) is 13.6. The van der Waals surface area contributed by atoms with Crippen molar-refractivity contribution in [2.75, 3.05) is 6.61 Å². The van der Waals surface area contributed by atoms with Gasteiger partial charge in [0.05, 0.1) is 24.5 Å². The zero-order valence-corrected chi connectivity index (χ0v) is 13.6. The van der Waals surface area contributed by atoms with E-state index in [-0.39, 0.29) is 0 Å². The molecule has 1 aliphatic carbocycles. The van der Waals surface area contributed by atoms with Gasteiger partial charge in [0, 0.05) is 0 Å². The number of ether oxygens (including phenoxy) is 1. The topological polar surface area (TPSA) is 33.0 Å². The van der Waals surface area contributed by atoms with Crippen LogP contribution in [0.5, 0.6) is 0 Å². The Bertz CT molecular complexity index is 489. The van der Waals surface area contributed by atoms with Gasteiger partial charge in [-0.25, -0.2) is 0 Å². The Balaban J connectivity index is 1.68. The molecule has 0 heterocycles. The van der Waals surface area contributed by atoms with Crippen molar-refractivity contribution in [3.8, 4) is 6.07 Å². The largest absolute Gasteiger partial charge is 0.502 e. The molecule has 1 aromatic rings. The number of nitriles is 1. The predicted octanol–water partition coefficient (Wildman–Crippen LogP) is 5.55. The summed E-state index contributed by atoms with van der Waals surface area (Å²) in [5, 5.41) is 8.86. The van der Waals surface area contributed by atoms with Gasteiger partial charge in [0.1, 0.15) is 0 Å². The molecule has 1 saturated carbocycles. The minimum absolute atomic E-state index is 0.675. The lowest BCUT2D eigenvalue weighted by molar-refractivity contribution is 0.198. The highest BCUT2D eigenvalue weighted by Gasteiger charge is 2.22. The van der Waals surface area contributed by atoms with Crippen LogP contribution in [-0.2, 0) is 4.74 Å². The smallest absolute Gasteiger partial charge is 0.0991 e. The molecule has 0 N–H and O–H groups in total. The van der Waals surface area contributed by atoms with E-state index in [1.54, 1.807) is 0 Å². The quantitative estimate of drug-likeness (QED) is 0.488. The van der Waals surface area contributed by atoms with Crippen LogP contribution in [0, 0.1) is 17.2 Å². The van der Waals surface area contributed by atoms with E-state index in [0.29, 0.717) is 5.92 Å². The lowest BCUT2D eigenvalue weighted by atomic mass is 9.77. The standard InChI is InChI=1S/C20H27NO/c1-2-3-4-14-22-15-13-17-5-9-19(10-6-17)20-11-7-18(16-21)8-12-20/h4,7-8,11-12,14,17,19H,2-3,5-6,9-10,13,15H2,1H3. The normalized spacial score (nSPS) is 21.6. The molecule has 2 rings (SSSR count). The van der Waals surface area contributed by atoms with Crippen LogP contribution in [0.3, 0.4) is 0 Å². The van der Waals surface area contributed by atoms with Crippen molar-refractivity contribution in [3.63, 3.8) is 0 Å². The van der Waals surface area contributed by atoms with E-state index in [1.807, 2.05) is 18.4 Å². The van der Waals surface area contributed by atoms with Crippen molar-refractivity contribution in [3.05, 3.63) is 47.7 Å². The molecule has 2 nitrogen and oxygen atoms in total. The highest BCUT2D eigenvalue weighted by atomic mass is 16.5. The summed E-state index contributed by atoms with van der Waals surface area (Å²) in [5.41, 5.74) is 2.15. The van der Waals surface area contributed by atoms with Gasteiger partial charge in [-0.1, -0.05) is 25.5 Å². The van der Waals surface area contributed by atoms with Crippen molar-refractivity contribution in [1.82, 2.24) is 0 Å². The number of rotatable bonds is 7. The van der Waals surface area contributed by atoms with Gasteiger partial charge in [0.15, 0.2) is 0 Å². The molecule has 1 aliphatic rings. The molecule has 2 heteroatoms. The van der Waals surface area contributed by atoms with Gasteiger partial charge in [-0.2, -0.15) is 5.26 Å². The van der Waals surface area contributed by atoms with E-state index >= 15 is 0 Å². The molecule has 0 spiro atoms. The maximum Gasteiger partial charge on any atom is 0.0991 e. The molecule has 118 valence electrons. The number of hydrogen-bond acceptors (Lipinski definition) is 2. The second-order valence-electron chi connectivity index (χ2n) is 6.27. The third-order valence-electron chi connectivity index (χ3n) is 4.65. The summed E-state index contributed by atoms with van der Waals surface area (Å²) in [7, 11) is 0. The summed E-state index contributed by atoms with van der Waals surface area (Å²) < 4.78 is 5.56. The van der Waals surface area contributed by atoms with Gasteiger partial charge in [-0.3, -0.25) is 0 Å². The summed E-state index contributed by atoms with van der Waals surface area (Å²) in [4.78, 5) is 0. The maximum absolute atomic E-state index is 8.86. The second kappa shape index (κ2) is 9.30. The average Bonchev–Trinajstić information content (AvgIpc) is 2.59. The summed E-state index contributed by atoms with van der Waals surface area (Å²) in [6.45, 7) is 3.03. The lowest BCUT2D eigenvalue weighted by Crippen LogP contribution is -2.14. The molecule has 0 radical (unpaired) electrons. The fraction of sp³-hybridized carbons (Fsp3) is 0.550. The molecule has 22 heavy (non-hydrogen) atoms. The molecule has 0 aromatic heterocycles. The molecule has 0 bridgehead atoms. The molecular weight excluding hydrogens is 270 g/mol. The van der Waals surface area contributed by atoms with Crippen LogP contribution in [-0.4, -0.2) is 6.61 Å². The Kier molecular flexibility index (Phi) is 7.03. The molecule has 0 unspecified atom stereocenters. The molecule has 0 aliphatic heterocycles. The lowest BCUT2D eigenvalue weighted by Gasteiger charge is -2.28. The van der Waals surface area contributed by atoms with E-state index in [4.69, 9.17) is 10.00 Å². The van der Waals surface area contributed by atoms with Crippen LogP contribution in [0.2, 0.25) is 0 Å². The van der Waals surface area contributed by atoms with Crippen LogP contribution in [0.1, 0.15) is 68.9 Å². The number of nitrogens with zero attached hydrogens (tertiary/aromatic N) is 1. The first-order chi connectivity index (χ1) is 10.8. The predicted molar refractivity (Wildman–Crippen MR) is 90.5 cm³/mol. The van der Waals surface area contributed by atoms with Crippen LogP contribution in [0.15, 0.2) is 36.6 Å². The van der Waals surface area contributed by atoms with E-state index in [2.05, 4.69) is 31.2 Å². The number of benzene rings is 1. The van der Waals surface area contributed by atoms with Crippen molar-refractivity contribution >= 4 is 0 Å². The SMILES string of the molecule is CCCC=COCCC1CCC(c2ccc(C#N)cc2)CC1. The minimum Gasteiger partial charge on any atom is -0.502 e. The van der Waals surface area contributed by atoms with E-state index in [9.17, 15) is 0 Å². The fourth-order valence-corrected chi connectivity index (χ4v) is 3.22. The monoisotopic (exact) mass is 297 g/mol. The first kappa shape index (κ1) is 16.6. The van der Waals surface area contributed by atoms with Gasteiger partial charge < -0.3 is 4.74 Å². The van der Waals surface area contributed by atoms with Gasteiger partial charge in [0.2, 0.25) is 0 Å². The van der Waals surface area contributed by atoms with Crippen molar-refractivity contribution in [2.45, 2.75) is 57.8 Å². The van der Waals surface area contributed by atoms with Crippen molar-refractivity contribution in [2.24, 2.45) is 5.92 Å². The number of allylic oxidation sites excluding steroid dienone is 1. The Labute approximate surface area is 134 Å². The molecule has 1 aromatic carbocycles. The van der Waals surface area contributed by atoms with Crippen LogP contribution in [0.25, 0.3) is 0 Å². The third kappa shape index (κ3) is 5.22. The van der Waals surface area contributed by atoms with E-state index in [1.165, 1.54) is 44.1 Å². The van der Waals surface area contributed by atoms with Crippen molar-refractivity contribution in [1.29, 1.82) is 5.26 Å². The Hall–Kier alpha value is -1.75. The first-order valence-corrected chi connectivity index (χ1v) is 8.60. The summed E-state index contributed by atoms with van der Waals surface area (Å²) >= 11 is 0. The average molecular weight is 297 g/mol. The zero-order chi connectivity index (χ0) is 15.6. The Morgan fingerprint density at radius 3 is 2.55 bits per heavy atom. The van der Waals surface area contributed by atoms with Crippen LogP contribution in [0.4, 0.5) is 0 Å². The van der Waals surface area contributed by atoms with Crippen LogP contribution < -0.4 is 0 Å². The van der Waals surface area contributed by atoms with Gasteiger partial charge in [0.25, 0.3) is 0 Å². The van der Waals surface area contributed by atoms with E-state index in [0.717, 1.165) is 24.5 Å². The Morgan fingerprint density at radius 2 is 1.91 bits per heavy atom. The summed E-state index contributed by atoms with van der Waals surface area (Å²) in [6.07, 6.45) is 12.6. The fourth-order valence-electron chi connectivity index (χ4n) is 3.22. The molecule has 0 amide bonds. The summed E-state index contributed by atoms with van der Waals surface area (Å²) in [6, 6.07) is 10.3.